The summed E-state index contributed by atoms with van der Waals surface area (Å²) in [7, 11) is 0. The largest absolute Gasteiger partial charge is 0.391 e. The van der Waals surface area contributed by atoms with Gasteiger partial charge in [-0.05, 0) is 39.0 Å². The topological polar surface area (TPSA) is 40.5 Å². The molecule has 0 aromatic heterocycles. The molecule has 0 amide bonds. The van der Waals surface area contributed by atoms with Crippen molar-refractivity contribution < 1.29 is 10.2 Å². The van der Waals surface area contributed by atoms with Crippen LogP contribution in [0.4, 0.5) is 0 Å². The molecule has 0 unspecified atom stereocenters. The number of unbranched alkanes of at least 4 members (excludes halogenated alkanes) is 2. The predicted molar refractivity (Wildman–Crippen MR) is 79.7 cm³/mol. The van der Waals surface area contributed by atoms with Crippen molar-refractivity contribution in [1.82, 2.24) is 0 Å². The summed E-state index contributed by atoms with van der Waals surface area (Å²) in [6.07, 6.45) is 8.41. The molecule has 1 aliphatic rings. The van der Waals surface area contributed by atoms with Crippen molar-refractivity contribution in [2.24, 2.45) is 11.8 Å². The molecule has 0 aromatic carbocycles. The van der Waals surface area contributed by atoms with E-state index in [2.05, 4.69) is 18.8 Å². The molecule has 2 atom stereocenters. The van der Waals surface area contributed by atoms with Crippen molar-refractivity contribution in [3.8, 4) is 11.8 Å². The molecule has 0 heterocycles. The van der Waals surface area contributed by atoms with E-state index in [1.807, 2.05) is 0 Å². The van der Waals surface area contributed by atoms with Crippen LogP contribution in [0.25, 0.3) is 0 Å². The highest BCUT2D eigenvalue weighted by atomic mass is 16.3. The van der Waals surface area contributed by atoms with E-state index < -0.39 is 11.7 Å². The third-order valence-electron chi connectivity index (χ3n) is 4.15. The molecule has 1 saturated carbocycles. The van der Waals surface area contributed by atoms with E-state index in [0.717, 1.165) is 32.1 Å². The van der Waals surface area contributed by atoms with Gasteiger partial charge >= 0.3 is 0 Å². The van der Waals surface area contributed by atoms with Crippen molar-refractivity contribution in [3.63, 3.8) is 0 Å². The molecule has 2 heteroatoms. The quantitative estimate of drug-likeness (QED) is 0.590. The lowest BCUT2D eigenvalue weighted by Gasteiger charge is -2.35. The van der Waals surface area contributed by atoms with Crippen LogP contribution in [-0.4, -0.2) is 21.9 Å². The highest BCUT2D eigenvalue weighted by Gasteiger charge is 2.36. The Hall–Kier alpha value is -0.520. The second-order valence-electron chi connectivity index (χ2n) is 6.44. The summed E-state index contributed by atoms with van der Waals surface area (Å²) < 4.78 is 0. The standard InChI is InChI=1S/C17H30O2/c1-4-5-6-10-13-15(17(2,3)19)16(18)14-11-8-7-9-12-14/h14-16,18-19H,4-9,11-12H2,1-3H3/t15-,16+/m0/s1. The summed E-state index contributed by atoms with van der Waals surface area (Å²) in [6.45, 7) is 5.67. The number of hydrogen-bond acceptors (Lipinski definition) is 2. The smallest absolute Gasteiger partial charge is 0.0753 e. The highest BCUT2D eigenvalue weighted by Crippen LogP contribution is 2.33. The van der Waals surface area contributed by atoms with Crippen molar-refractivity contribution in [1.29, 1.82) is 0 Å². The average Bonchev–Trinajstić information content (AvgIpc) is 2.37. The van der Waals surface area contributed by atoms with Gasteiger partial charge in [0.05, 0.1) is 17.6 Å². The van der Waals surface area contributed by atoms with Crippen LogP contribution in [0.1, 0.15) is 72.1 Å². The number of aliphatic hydroxyl groups is 2. The maximum absolute atomic E-state index is 10.6. The van der Waals surface area contributed by atoms with Crippen molar-refractivity contribution in [2.75, 3.05) is 0 Å². The number of aliphatic hydroxyl groups excluding tert-OH is 1. The predicted octanol–water partition coefficient (Wildman–Crippen LogP) is 3.51. The maximum Gasteiger partial charge on any atom is 0.0753 e. The Bertz CT molecular complexity index is 299. The van der Waals surface area contributed by atoms with Gasteiger partial charge < -0.3 is 10.2 Å². The Balaban J connectivity index is 2.68. The van der Waals surface area contributed by atoms with Gasteiger partial charge in [-0.1, -0.05) is 38.5 Å². The molecule has 2 nitrogen and oxygen atoms in total. The first-order chi connectivity index (χ1) is 8.96. The summed E-state index contributed by atoms with van der Waals surface area (Å²) in [5, 5.41) is 20.8. The van der Waals surface area contributed by atoms with Gasteiger partial charge in [0.2, 0.25) is 0 Å². The van der Waals surface area contributed by atoms with Gasteiger partial charge in [0.15, 0.2) is 0 Å². The third-order valence-corrected chi connectivity index (χ3v) is 4.15. The summed E-state index contributed by atoms with van der Waals surface area (Å²) in [5.41, 5.74) is -0.934. The molecule has 1 fully saturated rings. The van der Waals surface area contributed by atoms with E-state index in [9.17, 15) is 10.2 Å². The van der Waals surface area contributed by atoms with Gasteiger partial charge in [0.25, 0.3) is 0 Å². The summed E-state index contributed by atoms with van der Waals surface area (Å²) >= 11 is 0. The van der Waals surface area contributed by atoms with Crippen LogP contribution in [0, 0.1) is 23.7 Å². The molecule has 0 aromatic rings. The second-order valence-corrected chi connectivity index (χ2v) is 6.44. The van der Waals surface area contributed by atoms with Gasteiger partial charge in [-0.3, -0.25) is 0 Å². The van der Waals surface area contributed by atoms with Crippen molar-refractivity contribution >= 4 is 0 Å². The third kappa shape index (κ3) is 5.55. The van der Waals surface area contributed by atoms with Crippen LogP contribution >= 0.6 is 0 Å². The molecule has 19 heavy (non-hydrogen) atoms. The average molecular weight is 266 g/mol. The van der Waals surface area contributed by atoms with Crippen LogP contribution in [0.5, 0.6) is 0 Å². The Kier molecular flexibility index (Phi) is 6.89. The Labute approximate surface area is 118 Å². The zero-order chi connectivity index (χ0) is 14.3. The number of hydrogen-bond donors (Lipinski definition) is 2. The van der Waals surface area contributed by atoms with Crippen LogP contribution < -0.4 is 0 Å². The highest BCUT2D eigenvalue weighted by molar-refractivity contribution is 5.11. The Morgan fingerprint density at radius 2 is 1.84 bits per heavy atom. The monoisotopic (exact) mass is 266 g/mol. The van der Waals surface area contributed by atoms with Crippen molar-refractivity contribution in [3.05, 3.63) is 0 Å². The number of rotatable bonds is 5. The second kappa shape index (κ2) is 7.92. The molecular weight excluding hydrogens is 236 g/mol. The van der Waals surface area contributed by atoms with E-state index in [4.69, 9.17) is 0 Å². The Morgan fingerprint density at radius 1 is 1.21 bits per heavy atom. The summed E-state index contributed by atoms with van der Waals surface area (Å²) in [5.74, 6) is 6.27. The summed E-state index contributed by atoms with van der Waals surface area (Å²) in [4.78, 5) is 0. The SMILES string of the molecule is CCCCC#C[C@@H]([C@H](O)C1CCCCC1)C(C)(C)O. The van der Waals surface area contributed by atoms with Gasteiger partial charge in [-0.2, -0.15) is 0 Å². The van der Waals surface area contributed by atoms with Crippen LogP contribution in [-0.2, 0) is 0 Å². The normalized spacial score (nSPS) is 20.5. The first kappa shape index (κ1) is 16.5. The molecular formula is C17H30O2. The molecule has 2 N–H and O–H groups in total. The first-order valence-electron chi connectivity index (χ1n) is 7.85. The first-order valence-corrected chi connectivity index (χ1v) is 7.85. The van der Waals surface area contributed by atoms with Gasteiger partial charge in [0.1, 0.15) is 0 Å². The summed E-state index contributed by atoms with van der Waals surface area (Å²) in [6, 6.07) is 0. The molecule has 0 radical (unpaired) electrons. The van der Waals surface area contributed by atoms with E-state index in [0.29, 0.717) is 5.92 Å². The fourth-order valence-corrected chi connectivity index (χ4v) is 2.88. The molecule has 0 bridgehead atoms. The fraction of sp³-hybridized carbons (Fsp3) is 0.882. The van der Waals surface area contributed by atoms with Gasteiger partial charge in [-0.15, -0.1) is 5.92 Å². The molecule has 0 spiro atoms. The van der Waals surface area contributed by atoms with Crippen molar-refractivity contribution in [2.45, 2.75) is 83.8 Å². The van der Waals surface area contributed by atoms with E-state index in [-0.39, 0.29) is 5.92 Å². The van der Waals surface area contributed by atoms with E-state index in [1.165, 1.54) is 19.3 Å². The molecule has 0 aliphatic heterocycles. The van der Waals surface area contributed by atoms with E-state index >= 15 is 0 Å². The lowest BCUT2D eigenvalue weighted by atomic mass is 9.75. The van der Waals surface area contributed by atoms with E-state index in [1.54, 1.807) is 13.8 Å². The van der Waals surface area contributed by atoms with Crippen LogP contribution in [0.2, 0.25) is 0 Å². The van der Waals surface area contributed by atoms with Crippen LogP contribution in [0.15, 0.2) is 0 Å². The lowest BCUT2D eigenvalue weighted by molar-refractivity contribution is -0.0474. The van der Waals surface area contributed by atoms with Crippen LogP contribution in [0.3, 0.4) is 0 Å². The minimum Gasteiger partial charge on any atom is -0.391 e. The molecule has 1 aliphatic carbocycles. The Morgan fingerprint density at radius 3 is 2.37 bits per heavy atom. The fourth-order valence-electron chi connectivity index (χ4n) is 2.88. The zero-order valence-electron chi connectivity index (χ0n) is 12.8. The lowest BCUT2D eigenvalue weighted by Crippen LogP contribution is -2.42. The van der Waals surface area contributed by atoms with Gasteiger partial charge in [-0.25, -0.2) is 0 Å². The molecule has 0 saturated heterocycles. The zero-order valence-corrected chi connectivity index (χ0v) is 12.8. The minimum absolute atomic E-state index is 0.311. The maximum atomic E-state index is 10.6. The van der Waals surface area contributed by atoms with Gasteiger partial charge in [0, 0.05) is 6.42 Å². The molecule has 110 valence electrons. The minimum atomic E-state index is -0.934. The molecule has 1 rings (SSSR count).